The highest BCUT2D eigenvalue weighted by atomic mass is 19.3. The summed E-state index contributed by atoms with van der Waals surface area (Å²) in [6, 6.07) is 9.53. The molecule has 4 saturated carbocycles. The van der Waals surface area contributed by atoms with E-state index in [1.165, 1.54) is 0 Å². The molecule has 1 N–H and O–H groups in total. The standard InChI is InChI=1S/C19H23F2NO3/c20-17(21)25-19-8-13-6-14(9-19)16(15(7-13)10-19)22-18(23)24-11-12-4-2-1-3-5-12/h1-5,13-17H,6-11H2,(H,22,23)/t13?,14-,15+,16+,19-. The molecule has 4 bridgehead atoms. The van der Waals surface area contributed by atoms with Crippen molar-refractivity contribution in [2.45, 2.75) is 57.0 Å². The fourth-order valence-electron chi connectivity index (χ4n) is 5.42. The first-order valence-corrected chi connectivity index (χ1v) is 8.96. The Hall–Kier alpha value is -1.69. The molecular formula is C19H23F2NO3. The van der Waals surface area contributed by atoms with Gasteiger partial charge in [-0.15, -0.1) is 0 Å². The van der Waals surface area contributed by atoms with E-state index in [0.717, 1.165) is 24.8 Å². The van der Waals surface area contributed by atoms with Crippen LogP contribution in [-0.2, 0) is 16.1 Å². The van der Waals surface area contributed by atoms with E-state index in [1.54, 1.807) is 0 Å². The Bertz CT molecular complexity index is 604. The zero-order valence-electron chi connectivity index (χ0n) is 14.0. The van der Waals surface area contributed by atoms with Gasteiger partial charge in [0.15, 0.2) is 0 Å². The molecule has 1 aromatic rings. The summed E-state index contributed by atoms with van der Waals surface area (Å²) < 4.78 is 36.0. The number of hydrogen-bond donors (Lipinski definition) is 1. The molecular weight excluding hydrogens is 328 g/mol. The van der Waals surface area contributed by atoms with Crippen molar-refractivity contribution in [3.8, 4) is 0 Å². The lowest BCUT2D eigenvalue weighted by Crippen LogP contribution is -2.62. The topological polar surface area (TPSA) is 47.6 Å². The number of rotatable bonds is 5. The lowest BCUT2D eigenvalue weighted by Gasteiger charge is -2.59. The molecule has 1 unspecified atom stereocenters. The van der Waals surface area contributed by atoms with Crippen LogP contribution in [0.2, 0.25) is 0 Å². The van der Waals surface area contributed by atoms with Crippen LogP contribution in [0.25, 0.3) is 0 Å². The normalized spacial score (nSPS) is 35.8. The number of amides is 1. The number of hydrogen-bond acceptors (Lipinski definition) is 3. The predicted molar refractivity (Wildman–Crippen MR) is 86.9 cm³/mol. The summed E-state index contributed by atoms with van der Waals surface area (Å²) in [4.78, 5) is 12.2. The number of carbonyl (C=O) groups is 1. The molecule has 4 fully saturated rings. The largest absolute Gasteiger partial charge is 0.445 e. The summed E-state index contributed by atoms with van der Waals surface area (Å²) in [5.41, 5.74) is 0.253. The van der Waals surface area contributed by atoms with E-state index < -0.39 is 18.3 Å². The molecule has 0 radical (unpaired) electrons. The molecule has 136 valence electrons. The zero-order chi connectivity index (χ0) is 17.4. The highest BCUT2D eigenvalue weighted by Crippen LogP contribution is 2.57. The first kappa shape index (κ1) is 16.8. The van der Waals surface area contributed by atoms with E-state index in [0.29, 0.717) is 18.8 Å². The van der Waals surface area contributed by atoms with E-state index in [1.807, 2.05) is 30.3 Å². The maximum Gasteiger partial charge on any atom is 0.407 e. The molecule has 5 rings (SSSR count). The number of benzene rings is 1. The van der Waals surface area contributed by atoms with Crippen LogP contribution in [0.3, 0.4) is 0 Å². The fraction of sp³-hybridized carbons (Fsp3) is 0.632. The molecule has 0 aromatic heterocycles. The molecule has 0 heterocycles. The van der Waals surface area contributed by atoms with Gasteiger partial charge in [0.2, 0.25) is 0 Å². The van der Waals surface area contributed by atoms with Gasteiger partial charge >= 0.3 is 12.7 Å². The molecule has 4 nitrogen and oxygen atoms in total. The number of nitrogens with one attached hydrogen (secondary N) is 1. The SMILES string of the molecule is O=C(N[C@H]1[C@@H]2CC3C[C@H]1C[C@@](OC(F)F)(C3)C2)OCc1ccccc1. The Morgan fingerprint density at radius 3 is 2.48 bits per heavy atom. The number of halogens is 2. The molecule has 0 saturated heterocycles. The minimum absolute atomic E-state index is 0.00854. The van der Waals surface area contributed by atoms with Crippen molar-refractivity contribution in [3.05, 3.63) is 35.9 Å². The number of alkyl carbamates (subject to hydrolysis) is 1. The molecule has 4 aliphatic rings. The van der Waals surface area contributed by atoms with Gasteiger partial charge in [-0.2, -0.15) is 8.78 Å². The predicted octanol–water partition coefficient (Wildman–Crippen LogP) is 4.10. The van der Waals surface area contributed by atoms with E-state index >= 15 is 0 Å². The van der Waals surface area contributed by atoms with Crippen molar-refractivity contribution in [1.82, 2.24) is 5.32 Å². The maximum absolute atomic E-state index is 12.8. The van der Waals surface area contributed by atoms with E-state index in [4.69, 9.17) is 9.47 Å². The van der Waals surface area contributed by atoms with E-state index in [-0.39, 0.29) is 24.5 Å². The summed E-state index contributed by atoms with van der Waals surface area (Å²) in [5.74, 6) is 0.846. The van der Waals surface area contributed by atoms with Gasteiger partial charge < -0.3 is 14.8 Å². The second-order valence-electron chi connectivity index (χ2n) is 7.76. The Morgan fingerprint density at radius 1 is 1.16 bits per heavy atom. The minimum Gasteiger partial charge on any atom is -0.445 e. The fourth-order valence-corrected chi connectivity index (χ4v) is 5.42. The quantitative estimate of drug-likeness (QED) is 0.869. The lowest BCUT2D eigenvalue weighted by molar-refractivity contribution is -0.260. The smallest absolute Gasteiger partial charge is 0.407 e. The molecule has 1 amide bonds. The van der Waals surface area contributed by atoms with Crippen LogP contribution in [0, 0.1) is 17.8 Å². The highest BCUT2D eigenvalue weighted by Gasteiger charge is 2.57. The van der Waals surface area contributed by atoms with Crippen LogP contribution in [0.15, 0.2) is 30.3 Å². The van der Waals surface area contributed by atoms with Crippen LogP contribution in [0.4, 0.5) is 13.6 Å². The molecule has 0 aliphatic heterocycles. The zero-order valence-corrected chi connectivity index (χ0v) is 14.0. The van der Waals surface area contributed by atoms with Crippen LogP contribution >= 0.6 is 0 Å². The molecule has 5 atom stereocenters. The Kier molecular flexibility index (Phi) is 4.40. The van der Waals surface area contributed by atoms with E-state index in [9.17, 15) is 13.6 Å². The lowest BCUT2D eigenvalue weighted by atomic mass is 9.52. The summed E-state index contributed by atoms with van der Waals surface area (Å²) in [7, 11) is 0. The molecule has 6 heteroatoms. The van der Waals surface area contributed by atoms with Gasteiger partial charge in [0.25, 0.3) is 0 Å². The second kappa shape index (κ2) is 6.56. The van der Waals surface area contributed by atoms with Crippen molar-refractivity contribution >= 4 is 6.09 Å². The maximum atomic E-state index is 12.8. The third kappa shape index (κ3) is 3.50. The Labute approximate surface area is 145 Å². The first-order valence-electron chi connectivity index (χ1n) is 8.96. The highest BCUT2D eigenvalue weighted by molar-refractivity contribution is 5.67. The van der Waals surface area contributed by atoms with Crippen molar-refractivity contribution in [1.29, 1.82) is 0 Å². The van der Waals surface area contributed by atoms with Crippen LogP contribution < -0.4 is 5.32 Å². The number of ether oxygens (including phenoxy) is 2. The molecule has 25 heavy (non-hydrogen) atoms. The summed E-state index contributed by atoms with van der Waals surface area (Å²) in [6.07, 6.45) is 3.48. The number of carbonyl (C=O) groups excluding carboxylic acids is 1. The van der Waals surface area contributed by atoms with Crippen LogP contribution in [0.1, 0.15) is 37.7 Å². The Balaban J connectivity index is 1.36. The van der Waals surface area contributed by atoms with Gasteiger partial charge in [0, 0.05) is 6.04 Å². The molecule has 4 aliphatic carbocycles. The van der Waals surface area contributed by atoms with Crippen LogP contribution in [0.5, 0.6) is 0 Å². The summed E-state index contributed by atoms with van der Waals surface area (Å²) in [5, 5.41) is 3.00. The van der Waals surface area contributed by atoms with Gasteiger partial charge in [0.1, 0.15) is 6.61 Å². The van der Waals surface area contributed by atoms with Gasteiger partial charge in [-0.3, -0.25) is 0 Å². The van der Waals surface area contributed by atoms with Crippen molar-refractivity contribution < 1.29 is 23.0 Å². The molecule has 0 spiro atoms. The third-order valence-corrected chi connectivity index (χ3v) is 6.05. The average Bonchev–Trinajstić information content (AvgIpc) is 2.55. The van der Waals surface area contributed by atoms with Crippen LogP contribution in [-0.4, -0.2) is 24.3 Å². The third-order valence-electron chi connectivity index (χ3n) is 6.05. The average molecular weight is 351 g/mol. The van der Waals surface area contributed by atoms with Crippen molar-refractivity contribution in [3.63, 3.8) is 0 Å². The number of alkyl halides is 2. The minimum atomic E-state index is -2.72. The van der Waals surface area contributed by atoms with Gasteiger partial charge in [-0.25, -0.2) is 4.79 Å². The molecule has 1 aromatic carbocycles. The first-order chi connectivity index (χ1) is 12.0. The van der Waals surface area contributed by atoms with Gasteiger partial charge in [-0.05, 0) is 55.4 Å². The summed E-state index contributed by atoms with van der Waals surface area (Å²) >= 11 is 0. The summed E-state index contributed by atoms with van der Waals surface area (Å²) in [6.45, 7) is -2.49. The van der Waals surface area contributed by atoms with E-state index in [2.05, 4.69) is 5.32 Å². The Morgan fingerprint density at radius 2 is 1.84 bits per heavy atom. The van der Waals surface area contributed by atoms with Gasteiger partial charge in [0.05, 0.1) is 5.60 Å². The van der Waals surface area contributed by atoms with Gasteiger partial charge in [-0.1, -0.05) is 30.3 Å². The van der Waals surface area contributed by atoms with Crippen molar-refractivity contribution in [2.24, 2.45) is 17.8 Å². The monoisotopic (exact) mass is 351 g/mol. The van der Waals surface area contributed by atoms with Crippen molar-refractivity contribution in [2.75, 3.05) is 0 Å². The second-order valence-corrected chi connectivity index (χ2v) is 7.76.